The third-order valence-corrected chi connectivity index (χ3v) is 3.12. The Bertz CT molecular complexity index is 560. The van der Waals surface area contributed by atoms with Gasteiger partial charge in [-0.15, -0.1) is 0 Å². The van der Waals surface area contributed by atoms with Crippen molar-refractivity contribution < 1.29 is 9.50 Å². The summed E-state index contributed by atoms with van der Waals surface area (Å²) in [6.45, 7) is 5.82. The molecule has 0 saturated heterocycles. The second-order valence-electron chi connectivity index (χ2n) is 5.24. The molecule has 1 aromatic heterocycles. The number of benzene rings is 1. The van der Waals surface area contributed by atoms with Crippen molar-refractivity contribution in [1.82, 2.24) is 9.78 Å². The lowest BCUT2D eigenvalue weighted by Gasteiger charge is -2.16. The molecule has 1 heterocycles. The van der Waals surface area contributed by atoms with E-state index in [0.29, 0.717) is 5.69 Å². The van der Waals surface area contributed by atoms with Gasteiger partial charge in [-0.25, -0.2) is 4.39 Å². The zero-order valence-corrected chi connectivity index (χ0v) is 12.0. The lowest BCUT2D eigenvalue weighted by atomic mass is 10.1. The first-order chi connectivity index (χ1) is 9.49. The second kappa shape index (κ2) is 6.05. The highest BCUT2D eigenvalue weighted by molar-refractivity contribution is 5.47. The van der Waals surface area contributed by atoms with E-state index < -0.39 is 0 Å². The number of nitrogens with one attached hydrogen (secondary N) is 1. The molecule has 0 radical (unpaired) electrons. The Balaban J connectivity index is 2.19. The summed E-state index contributed by atoms with van der Waals surface area (Å²) >= 11 is 0. The van der Waals surface area contributed by atoms with Gasteiger partial charge in [0.1, 0.15) is 5.82 Å². The molecule has 2 aromatic rings. The number of aliphatic hydroxyl groups is 1. The van der Waals surface area contributed by atoms with Gasteiger partial charge in [-0.1, -0.05) is 0 Å². The summed E-state index contributed by atoms with van der Waals surface area (Å²) in [5.74, 6) is -0.290. The van der Waals surface area contributed by atoms with Gasteiger partial charge in [0.25, 0.3) is 0 Å². The number of rotatable bonds is 5. The van der Waals surface area contributed by atoms with E-state index >= 15 is 0 Å². The fourth-order valence-electron chi connectivity index (χ4n) is 2.07. The minimum Gasteiger partial charge on any atom is -0.394 e. The average Bonchev–Trinajstić information content (AvgIpc) is 2.84. The lowest BCUT2D eigenvalue weighted by Crippen LogP contribution is -2.14. The Hall–Kier alpha value is -1.88. The first kappa shape index (κ1) is 14.5. The summed E-state index contributed by atoms with van der Waals surface area (Å²) in [6, 6.07) is 4.69. The first-order valence-corrected chi connectivity index (χ1v) is 6.68. The van der Waals surface area contributed by atoms with Crippen LogP contribution in [0.4, 0.5) is 10.1 Å². The van der Waals surface area contributed by atoms with Crippen molar-refractivity contribution in [2.45, 2.75) is 32.9 Å². The number of nitrogens with zero attached hydrogens (tertiary/aromatic N) is 2. The van der Waals surface area contributed by atoms with Crippen LogP contribution < -0.4 is 5.32 Å². The first-order valence-electron chi connectivity index (χ1n) is 6.68. The molecule has 1 unspecified atom stereocenters. The zero-order valence-electron chi connectivity index (χ0n) is 12.0. The van der Waals surface area contributed by atoms with Crippen molar-refractivity contribution in [2.24, 2.45) is 0 Å². The minimum atomic E-state index is -0.302. The Morgan fingerprint density at radius 3 is 2.65 bits per heavy atom. The smallest absolute Gasteiger partial charge is 0.125 e. The molecule has 0 amide bonds. The molecule has 2 rings (SSSR count). The minimum absolute atomic E-state index is 0.0840. The van der Waals surface area contributed by atoms with E-state index in [0.717, 1.165) is 11.1 Å². The van der Waals surface area contributed by atoms with E-state index in [4.69, 9.17) is 0 Å². The average molecular weight is 277 g/mol. The van der Waals surface area contributed by atoms with E-state index in [-0.39, 0.29) is 24.5 Å². The summed E-state index contributed by atoms with van der Waals surface area (Å²) in [4.78, 5) is 0. The largest absolute Gasteiger partial charge is 0.394 e. The van der Waals surface area contributed by atoms with Gasteiger partial charge >= 0.3 is 0 Å². The molecule has 0 bridgehead atoms. The maximum atomic E-state index is 13.4. The number of anilines is 1. The van der Waals surface area contributed by atoms with Crippen LogP contribution in [0.2, 0.25) is 0 Å². The molecule has 0 aliphatic heterocycles. The molecule has 108 valence electrons. The van der Waals surface area contributed by atoms with Crippen LogP contribution >= 0.6 is 0 Å². The number of aliphatic hydroxyl groups excluding tert-OH is 1. The number of hydrogen-bond acceptors (Lipinski definition) is 3. The van der Waals surface area contributed by atoms with Crippen molar-refractivity contribution in [3.8, 4) is 0 Å². The Morgan fingerprint density at radius 2 is 2.10 bits per heavy atom. The van der Waals surface area contributed by atoms with Crippen molar-refractivity contribution in [1.29, 1.82) is 0 Å². The quantitative estimate of drug-likeness (QED) is 0.883. The normalized spacial score (nSPS) is 12.7. The molecule has 4 nitrogen and oxygen atoms in total. The molecule has 5 heteroatoms. The summed E-state index contributed by atoms with van der Waals surface area (Å²) in [5, 5.41) is 16.9. The molecule has 0 aliphatic rings. The van der Waals surface area contributed by atoms with E-state index in [1.165, 1.54) is 12.1 Å². The number of hydrogen-bond donors (Lipinski definition) is 2. The van der Waals surface area contributed by atoms with Gasteiger partial charge < -0.3 is 10.4 Å². The van der Waals surface area contributed by atoms with Gasteiger partial charge in [0.05, 0.1) is 18.8 Å². The predicted molar refractivity (Wildman–Crippen MR) is 77.2 cm³/mol. The van der Waals surface area contributed by atoms with Gasteiger partial charge in [0.15, 0.2) is 0 Å². The highest BCUT2D eigenvalue weighted by Crippen LogP contribution is 2.21. The Kier molecular flexibility index (Phi) is 4.39. The molecule has 0 spiro atoms. The van der Waals surface area contributed by atoms with Gasteiger partial charge in [0.2, 0.25) is 0 Å². The topological polar surface area (TPSA) is 50.1 Å². The van der Waals surface area contributed by atoms with Crippen LogP contribution in [-0.2, 0) is 0 Å². The van der Waals surface area contributed by atoms with Gasteiger partial charge in [-0.05, 0) is 44.5 Å². The molecule has 0 aliphatic carbocycles. The molecule has 20 heavy (non-hydrogen) atoms. The van der Waals surface area contributed by atoms with Crippen LogP contribution in [0.3, 0.4) is 0 Å². The predicted octanol–water partition coefficient (Wildman–Crippen LogP) is 3.06. The maximum Gasteiger partial charge on any atom is 0.125 e. The fraction of sp³-hybridized carbons (Fsp3) is 0.400. The molecule has 0 fully saturated rings. The Labute approximate surface area is 118 Å². The van der Waals surface area contributed by atoms with Crippen LogP contribution in [-0.4, -0.2) is 21.5 Å². The van der Waals surface area contributed by atoms with Crippen LogP contribution in [0, 0.1) is 12.7 Å². The van der Waals surface area contributed by atoms with Crippen LogP contribution in [0.25, 0.3) is 0 Å². The number of aromatic nitrogens is 2. The van der Waals surface area contributed by atoms with Crippen molar-refractivity contribution in [3.05, 3.63) is 47.5 Å². The molecule has 0 saturated carbocycles. The highest BCUT2D eigenvalue weighted by Gasteiger charge is 2.14. The molecular weight excluding hydrogens is 257 g/mol. The third-order valence-electron chi connectivity index (χ3n) is 3.12. The van der Waals surface area contributed by atoms with Gasteiger partial charge in [-0.2, -0.15) is 5.10 Å². The lowest BCUT2D eigenvalue weighted by molar-refractivity contribution is 0.276. The number of aryl methyl sites for hydroxylation is 1. The SMILES string of the molecule is Cc1cc(F)cc(NC(CO)c2cnn(C(C)C)c2)c1. The van der Waals surface area contributed by atoms with Crippen molar-refractivity contribution in [2.75, 3.05) is 11.9 Å². The zero-order chi connectivity index (χ0) is 14.7. The summed E-state index contributed by atoms with van der Waals surface area (Å²) in [7, 11) is 0. The molecule has 1 atom stereocenters. The summed E-state index contributed by atoms with van der Waals surface area (Å²) < 4.78 is 15.2. The fourth-order valence-corrected chi connectivity index (χ4v) is 2.07. The van der Waals surface area contributed by atoms with Crippen LogP contribution in [0.15, 0.2) is 30.6 Å². The molecule has 2 N–H and O–H groups in total. The standard InChI is InChI=1S/C15H20FN3O/c1-10(2)19-8-12(7-17-19)15(9-20)18-14-5-11(3)4-13(16)6-14/h4-8,10,15,18,20H,9H2,1-3H3. The second-order valence-corrected chi connectivity index (χ2v) is 5.24. The van der Waals surface area contributed by atoms with Crippen molar-refractivity contribution in [3.63, 3.8) is 0 Å². The van der Waals surface area contributed by atoms with Crippen LogP contribution in [0.1, 0.15) is 37.1 Å². The van der Waals surface area contributed by atoms with Gasteiger partial charge in [0, 0.05) is 23.5 Å². The maximum absolute atomic E-state index is 13.4. The van der Waals surface area contributed by atoms with E-state index in [1.54, 1.807) is 6.20 Å². The van der Waals surface area contributed by atoms with Crippen LogP contribution in [0.5, 0.6) is 0 Å². The molecular formula is C15H20FN3O. The third kappa shape index (κ3) is 3.36. The Morgan fingerprint density at radius 1 is 1.35 bits per heavy atom. The monoisotopic (exact) mass is 277 g/mol. The summed E-state index contributed by atoms with van der Waals surface area (Å²) in [5.41, 5.74) is 2.36. The van der Waals surface area contributed by atoms with E-state index in [2.05, 4.69) is 10.4 Å². The van der Waals surface area contributed by atoms with E-state index in [1.807, 2.05) is 37.7 Å². The summed E-state index contributed by atoms with van der Waals surface area (Å²) in [6.07, 6.45) is 3.62. The van der Waals surface area contributed by atoms with Gasteiger partial charge in [-0.3, -0.25) is 4.68 Å². The highest BCUT2D eigenvalue weighted by atomic mass is 19.1. The van der Waals surface area contributed by atoms with E-state index in [9.17, 15) is 9.50 Å². The number of halogens is 1. The molecule has 1 aromatic carbocycles. The van der Waals surface area contributed by atoms with Crippen molar-refractivity contribution >= 4 is 5.69 Å².